The summed E-state index contributed by atoms with van der Waals surface area (Å²) < 4.78 is 29.0. The van der Waals surface area contributed by atoms with Gasteiger partial charge in [0.15, 0.2) is 4.60 Å². The molecule has 0 amide bonds. The van der Waals surface area contributed by atoms with Crippen LogP contribution in [0.5, 0.6) is 0 Å². The molecule has 1 aliphatic rings. The average molecular weight is 369 g/mol. The fraction of sp³-hybridized carbons (Fsp3) is 0.800. The van der Waals surface area contributed by atoms with Crippen LogP contribution >= 0.6 is 27.7 Å². The van der Waals surface area contributed by atoms with E-state index in [0.717, 1.165) is 25.7 Å². The van der Waals surface area contributed by atoms with Crippen LogP contribution in [0.2, 0.25) is 0 Å². The van der Waals surface area contributed by atoms with Gasteiger partial charge in [0.05, 0.1) is 0 Å². The van der Waals surface area contributed by atoms with Gasteiger partial charge in [-0.25, -0.2) is 17.8 Å². The molecule has 1 fully saturated rings. The molecule has 1 aromatic rings. The van der Waals surface area contributed by atoms with Crippen molar-refractivity contribution in [1.29, 1.82) is 0 Å². The molecular weight excluding hydrogens is 352 g/mol. The molecule has 19 heavy (non-hydrogen) atoms. The van der Waals surface area contributed by atoms with Crippen molar-refractivity contribution in [2.75, 3.05) is 6.26 Å². The van der Waals surface area contributed by atoms with E-state index in [2.05, 4.69) is 37.2 Å². The maximum Gasteiger partial charge on any atom is 0.260 e. The van der Waals surface area contributed by atoms with Crippen LogP contribution in [0.15, 0.2) is 9.63 Å². The van der Waals surface area contributed by atoms with Gasteiger partial charge in [0.1, 0.15) is 0 Å². The summed E-state index contributed by atoms with van der Waals surface area (Å²) >= 11 is 4.93. The van der Waals surface area contributed by atoms with E-state index in [1.807, 2.05) is 0 Å². The van der Waals surface area contributed by atoms with Gasteiger partial charge in [0, 0.05) is 18.3 Å². The summed E-state index contributed by atoms with van der Waals surface area (Å²) in [4.78, 5) is 0. The van der Waals surface area contributed by atoms with Crippen LogP contribution in [0.1, 0.15) is 25.7 Å². The highest BCUT2D eigenvalue weighted by molar-refractivity contribution is 9.10. The number of sulfonamides is 1. The fourth-order valence-corrected chi connectivity index (χ4v) is 5.55. The smallest absolute Gasteiger partial charge is 0.235 e. The lowest BCUT2D eigenvalue weighted by Gasteiger charge is -2.28. The molecule has 9 heteroatoms. The van der Waals surface area contributed by atoms with Gasteiger partial charge < -0.3 is 0 Å². The minimum absolute atomic E-state index is 0.00185. The van der Waals surface area contributed by atoms with Crippen LogP contribution < -0.4 is 4.72 Å². The topological polar surface area (TPSA) is 76.9 Å². The molecule has 1 aliphatic carbocycles. The third-order valence-corrected chi connectivity index (χ3v) is 6.77. The van der Waals surface area contributed by atoms with E-state index in [-0.39, 0.29) is 15.7 Å². The Labute approximate surface area is 125 Å². The van der Waals surface area contributed by atoms with Crippen LogP contribution in [0.25, 0.3) is 0 Å². The van der Waals surface area contributed by atoms with Gasteiger partial charge >= 0.3 is 0 Å². The molecule has 0 saturated heterocycles. The molecule has 1 aromatic heterocycles. The quantitative estimate of drug-likeness (QED) is 0.871. The molecule has 1 N–H and O–H groups in total. The first-order chi connectivity index (χ1) is 8.94. The van der Waals surface area contributed by atoms with Crippen molar-refractivity contribution >= 4 is 37.7 Å². The molecule has 6 nitrogen and oxygen atoms in total. The second kappa shape index (κ2) is 6.11. The predicted octanol–water partition coefficient (Wildman–Crippen LogP) is 1.53. The van der Waals surface area contributed by atoms with E-state index in [1.54, 1.807) is 18.8 Å². The maximum atomic E-state index is 12.3. The Bertz CT molecular complexity index is 526. The lowest BCUT2D eigenvalue weighted by Crippen LogP contribution is -2.39. The zero-order chi connectivity index (χ0) is 14.0. The first-order valence-electron chi connectivity index (χ1n) is 6.04. The van der Waals surface area contributed by atoms with Crippen molar-refractivity contribution in [1.82, 2.24) is 19.7 Å². The van der Waals surface area contributed by atoms with Gasteiger partial charge in [-0.05, 0) is 41.4 Å². The van der Waals surface area contributed by atoms with Crippen molar-refractivity contribution in [2.45, 2.75) is 42.0 Å². The standard InChI is InChI=1S/C10H17BrN4O2S2/c1-15-10(9(11)12-14-15)19(16,17)13-7-4-3-5-8(6-7)18-2/h7-8,13H,3-6H2,1-2H3. The number of aryl methyl sites for hydroxylation is 1. The Morgan fingerprint density at radius 3 is 2.79 bits per heavy atom. The van der Waals surface area contributed by atoms with Gasteiger partial charge in [-0.2, -0.15) is 11.8 Å². The normalized spacial score (nSPS) is 24.6. The Morgan fingerprint density at radius 2 is 2.21 bits per heavy atom. The van der Waals surface area contributed by atoms with E-state index in [1.165, 1.54) is 4.68 Å². The molecule has 1 saturated carbocycles. The third kappa shape index (κ3) is 3.50. The summed E-state index contributed by atoms with van der Waals surface area (Å²) in [7, 11) is -2.01. The van der Waals surface area contributed by atoms with Crippen molar-refractivity contribution < 1.29 is 8.42 Å². The molecule has 0 radical (unpaired) electrons. The average Bonchev–Trinajstić information content (AvgIpc) is 2.69. The summed E-state index contributed by atoms with van der Waals surface area (Å²) in [5, 5.41) is 8.03. The molecule has 0 spiro atoms. The Hall–Kier alpha value is -0.120. The van der Waals surface area contributed by atoms with Gasteiger partial charge in [-0.1, -0.05) is 11.6 Å². The first kappa shape index (κ1) is 15.3. The number of nitrogens with one attached hydrogen (secondary N) is 1. The zero-order valence-electron chi connectivity index (χ0n) is 10.8. The monoisotopic (exact) mass is 368 g/mol. The third-order valence-electron chi connectivity index (χ3n) is 3.27. The van der Waals surface area contributed by atoms with E-state index in [9.17, 15) is 8.42 Å². The van der Waals surface area contributed by atoms with E-state index >= 15 is 0 Å². The summed E-state index contributed by atoms with van der Waals surface area (Å²) in [5.41, 5.74) is 0. The molecule has 2 unspecified atom stereocenters. The van der Waals surface area contributed by atoms with Crippen LogP contribution in [0.4, 0.5) is 0 Å². The van der Waals surface area contributed by atoms with Crippen molar-refractivity contribution in [2.24, 2.45) is 7.05 Å². The molecule has 0 bridgehead atoms. The minimum atomic E-state index is -3.58. The van der Waals surface area contributed by atoms with Crippen LogP contribution in [-0.4, -0.2) is 41.0 Å². The number of nitrogens with zero attached hydrogens (tertiary/aromatic N) is 3. The summed E-state index contributed by atoms with van der Waals surface area (Å²) in [5.74, 6) is 0. The number of hydrogen-bond donors (Lipinski definition) is 1. The van der Waals surface area contributed by atoms with Crippen LogP contribution in [0.3, 0.4) is 0 Å². The Morgan fingerprint density at radius 1 is 1.47 bits per heavy atom. The first-order valence-corrected chi connectivity index (χ1v) is 9.60. The van der Waals surface area contributed by atoms with Gasteiger partial charge in [-0.15, -0.1) is 5.10 Å². The summed E-state index contributed by atoms with van der Waals surface area (Å²) in [6.45, 7) is 0. The lowest BCUT2D eigenvalue weighted by atomic mass is 9.96. The molecule has 1 heterocycles. The largest absolute Gasteiger partial charge is 0.260 e. The molecule has 0 aliphatic heterocycles. The van der Waals surface area contributed by atoms with E-state index in [0.29, 0.717) is 5.25 Å². The van der Waals surface area contributed by atoms with Crippen LogP contribution in [-0.2, 0) is 17.1 Å². The number of hydrogen-bond acceptors (Lipinski definition) is 5. The zero-order valence-corrected chi connectivity index (χ0v) is 14.1. The molecule has 2 atom stereocenters. The number of rotatable bonds is 4. The number of aromatic nitrogens is 3. The van der Waals surface area contributed by atoms with E-state index < -0.39 is 10.0 Å². The van der Waals surface area contributed by atoms with Crippen molar-refractivity contribution in [3.05, 3.63) is 4.60 Å². The molecule has 108 valence electrons. The summed E-state index contributed by atoms with van der Waals surface area (Å²) in [6.07, 6.45) is 6.06. The van der Waals surface area contributed by atoms with Gasteiger partial charge in [0.2, 0.25) is 5.03 Å². The number of halogens is 1. The second-order valence-electron chi connectivity index (χ2n) is 4.65. The Balaban J connectivity index is 2.14. The lowest BCUT2D eigenvalue weighted by molar-refractivity contribution is 0.419. The van der Waals surface area contributed by atoms with Gasteiger partial charge in [0.25, 0.3) is 10.0 Å². The molecular formula is C10H17BrN4O2S2. The Kier molecular flexibility index (Phi) is 4.91. The predicted molar refractivity (Wildman–Crippen MR) is 78.6 cm³/mol. The highest BCUT2D eigenvalue weighted by atomic mass is 79.9. The minimum Gasteiger partial charge on any atom is -0.235 e. The summed E-state index contributed by atoms with van der Waals surface area (Å²) in [6, 6.07) is -0.00185. The SMILES string of the molecule is CSC1CCCC(NS(=O)(=O)c2c(Br)nnn2C)C1. The van der Waals surface area contributed by atoms with Crippen molar-refractivity contribution in [3.8, 4) is 0 Å². The van der Waals surface area contributed by atoms with Crippen molar-refractivity contribution in [3.63, 3.8) is 0 Å². The number of thioether (sulfide) groups is 1. The fourth-order valence-electron chi connectivity index (χ4n) is 2.35. The highest BCUT2D eigenvalue weighted by Gasteiger charge is 2.29. The van der Waals surface area contributed by atoms with Crippen LogP contribution in [0, 0.1) is 0 Å². The van der Waals surface area contributed by atoms with E-state index in [4.69, 9.17) is 0 Å². The molecule has 0 aromatic carbocycles. The maximum absolute atomic E-state index is 12.3. The van der Waals surface area contributed by atoms with Gasteiger partial charge in [-0.3, -0.25) is 0 Å². The second-order valence-corrected chi connectivity index (χ2v) is 8.17. The highest BCUT2D eigenvalue weighted by Crippen LogP contribution is 2.28. The molecule has 2 rings (SSSR count).